The van der Waals surface area contributed by atoms with Crippen molar-refractivity contribution in [1.82, 2.24) is 4.98 Å². The van der Waals surface area contributed by atoms with Gasteiger partial charge in [-0.2, -0.15) is 0 Å². The molecular formula is C14H17NO2. The van der Waals surface area contributed by atoms with E-state index in [1.807, 2.05) is 25.1 Å². The molecule has 1 atom stereocenters. The molecule has 1 unspecified atom stereocenters. The standard InChI is InChI=1S/C14H17NO2/c1-9(16)14(5-6-14)13-7-10-3-4-11(17-2)8-12(10)15-13/h3-4,7-9,15-16H,5-6H2,1-2H3. The molecule has 1 heterocycles. The summed E-state index contributed by atoms with van der Waals surface area (Å²) >= 11 is 0. The Balaban J connectivity index is 2.08. The van der Waals surface area contributed by atoms with Crippen molar-refractivity contribution in [2.45, 2.75) is 31.3 Å². The number of nitrogens with one attached hydrogen (secondary N) is 1. The number of aromatic amines is 1. The number of rotatable bonds is 3. The normalized spacial score (nSPS) is 19.2. The van der Waals surface area contributed by atoms with Gasteiger partial charge in [0.05, 0.1) is 13.2 Å². The second kappa shape index (κ2) is 3.50. The van der Waals surface area contributed by atoms with E-state index in [2.05, 4.69) is 11.1 Å². The van der Waals surface area contributed by atoms with E-state index in [0.717, 1.165) is 29.8 Å². The predicted molar refractivity (Wildman–Crippen MR) is 67.4 cm³/mol. The minimum atomic E-state index is -0.294. The number of hydrogen-bond acceptors (Lipinski definition) is 2. The van der Waals surface area contributed by atoms with Crippen molar-refractivity contribution in [2.24, 2.45) is 0 Å². The summed E-state index contributed by atoms with van der Waals surface area (Å²) in [5, 5.41) is 11.1. The molecule has 3 nitrogen and oxygen atoms in total. The molecule has 90 valence electrons. The summed E-state index contributed by atoms with van der Waals surface area (Å²) in [6.45, 7) is 1.87. The molecule has 1 aliphatic rings. The minimum Gasteiger partial charge on any atom is -0.497 e. The first kappa shape index (κ1) is 10.7. The van der Waals surface area contributed by atoms with Crippen LogP contribution in [0.15, 0.2) is 24.3 Å². The number of benzene rings is 1. The first-order valence-corrected chi connectivity index (χ1v) is 6.01. The number of fused-ring (bicyclic) bond motifs is 1. The van der Waals surface area contributed by atoms with Crippen molar-refractivity contribution in [3.63, 3.8) is 0 Å². The second-order valence-electron chi connectivity index (χ2n) is 4.97. The quantitative estimate of drug-likeness (QED) is 0.852. The van der Waals surface area contributed by atoms with Gasteiger partial charge in [0.1, 0.15) is 5.75 Å². The van der Waals surface area contributed by atoms with Crippen molar-refractivity contribution in [3.8, 4) is 5.75 Å². The Hall–Kier alpha value is -1.48. The molecule has 1 aromatic heterocycles. The van der Waals surface area contributed by atoms with E-state index in [0.29, 0.717) is 0 Å². The fourth-order valence-electron chi connectivity index (χ4n) is 2.55. The van der Waals surface area contributed by atoms with Crippen molar-refractivity contribution < 1.29 is 9.84 Å². The van der Waals surface area contributed by atoms with Crippen LogP contribution in [-0.4, -0.2) is 23.3 Å². The van der Waals surface area contributed by atoms with Gasteiger partial charge in [0.2, 0.25) is 0 Å². The molecule has 0 bridgehead atoms. The zero-order chi connectivity index (χ0) is 12.0. The summed E-state index contributed by atoms with van der Waals surface area (Å²) in [7, 11) is 1.67. The Labute approximate surface area is 100 Å². The van der Waals surface area contributed by atoms with Gasteiger partial charge >= 0.3 is 0 Å². The Morgan fingerprint density at radius 1 is 1.35 bits per heavy atom. The number of aromatic nitrogens is 1. The Kier molecular flexibility index (Phi) is 2.20. The Morgan fingerprint density at radius 2 is 2.12 bits per heavy atom. The lowest BCUT2D eigenvalue weighted by Gasteiger charge is -2.16. The molecule has 1 fully saturated rings. The highest BCUT2D eigenvalue weighted by atomic mass is 16.5. The molecule has 1 aromatic carbocycles. The van der Waals surface area contributed by atoms with E-state index in [4.69, 9.17) is 4.74 Å². The van der Waals surface area contributed by atoms with Crippen LogP contribution < -0.4 is 4.74 Å². The van der Waals surface area contributed by atoms with E-state index < -0.39 is 0 Å². The molecule has 0 spiro atoms. The van der Waals surface area contributed by atoms with Gasteiger partial charge in [-0.05, 0) is 43.4 Å². The van der Waals surface area contributed by atoms with Gasteiger partial charge in [0.15, 0.2) is 0 Å². The van der Waals surface area contributed by atoms with Crippen molar-refractivity contribution in [2.75, 3.05) is 7.11 Å². The van der Waals surface area contributed by atoms with Gasteiger partial charge in [-0.1, -0.05) is 0 Å². The predicted octanol–water partition coefficient (Wildman–Crippen LogP) is 2.59. The maximum atomic E-state index is 9.88. The first-order valence-electron chi connectivity index (χ1n) is 6.01. The fraction of sp³-hybridized carbons (Fsp3) is 0.429. The van der Waals surface area contributed by atoms with E-state index in [-0.39, 0.29) is 11.5 Å². The second-order valence-corrected chi connectivity index (χ2v) is 4.97. The van der Waals surface area contributed by atoms with Gasteiger partial charge in [0, 0.05) is 22.7 Å². The zero-order valence-electron chi connectivity index (χ0n) is 10.2. The third-order valence-corrected chi connectivity index (χ3v) is 3.95. The zero-order valence-corrected chi connectivity index (χ0v) is 10.2. The average molecular weight is 231 g/mol. The monoisotopic (exact) mass is 231 g/mol. The number of ether oxygens (including phenoxy) is 1. The van der Waals surface area contributed by atoms with E-state index in [1.54, 1.807) is 7.11 Å². The van der Waals surface area contributed by atoms with E-state index >= 15 is 0 Å². The molecule has 3 rings (SSSR count). The van der Waals surface area contributed by atoms with Crippen molar-refractivity contribution in [1.29, 1.82) is 0 Å². The smallest absolute Gasteiger partial charge is 0.120 e. The van der Waals surface area contributed by atoms with Crippen LogP contribution in [0.1, 0.15) is 25.5 Å². The summed E-state index contributed by atoms with van der Waals surface area (Å²) in [5.74, 6) is 0.854. The number of H-pyrrole nitrogens is 1. The molecule has 2 N–H and O–H groups in total. The summed E-state index contributed by atoms with van der Waals surface area (Å²) < 4.78 is 5.21. The van der Waals surface area contributed by atoms with Gasteiger partial charge < -0.3 is 14.8 Å². The van der Waals surface area contributed by atoms with E-state index in [9.17, 15) is 5.11 Å². The van der Waals surface area contributed by atoms with Crippen LogP contribution in [0, 0.1) is 0 Å². The summed E-state index contributed by atoms with van der Waals surface area (Å²) in [6, 6.07) is 8.15. The topological polar surface area (TPSA) is 45.2 Å². The van der Waals surface area contributed by atoms with Crippen LogP contribution in [0.25, 0.3) is 10.9 Å². The third kappa shape index (κ3) is 1.53. The molecule has 2 aromatic rings. The molecule has 1 aliphatic carbocycles. The van der Waals surface area contributed by atoms with Crippen LogP contribution in [0.5, 0.6) is 5.75 Å². The van der Waals surface area contributed by atoms with Gasteiger partial charge in [0.25, 0.3) is 0 Å². The SMILES string of the molecule is COc1ccc2cc(C3(C(C)O)CC3)[nH]c2c1. The van der Waals surface area contributed by atoms with Gasteiger partial charge in [-0.15, -0.1) is 0 Å². The third-order valence-electron chi connectivity index (χ3n) is 3.95. The number of aliphatic hydroxyl groups is 1. The van der Waals surface area contributed by atoms with Crippen molar-refractivity contribution >= 4 is 10.9 Å². The summed E-state index contributed by atoms with van der Waals surface area (Å²) in [6.07, 6.45) is 1.83. The molecule has 17 heavy (non-hydrogen) atoms. The van der Waals surface area contributed by atoms with Gasteiger partial charge in [-0.3, -0.25) is 0 Å². The molecule has 0 aliphatic heterocycles. The minimum absolute atomic E-state index is 0.0355. The van der Waals surface area contributed by atoms with Crippen LogP contribution in [0.2, 0.25) is 0 Å². The fourth-order valence-corrected chi connectivity index (χ4v) is 2.55. The van der Waals surface area contributed by atoms with Crippen LogP contribution in [0.4, 0.5) is 0 Å². The van der Waals surface area contributed by atoms with Crippen molar-refractivity contribution in [3.05, 3.63) is 30.0 Å². The Bertz CT molecular complexity index is 552. The maximum absolute atomic E-state index is 9.88. The molecule has 0 saturated heterocycles. The van der Waals surface area contributed by atoms with Gasteiger partial charge in [-0.25, -0.2) is 0 Å². The number of hydrogen-bond donors (Lipinski definition) is 2. The average Bonchev–Trinajstić information content (AvgIpc) is 3.03. The highest BCUT2D eigenvalue weighted by molar-refractivity contribution is 5.82. The van der Waals surface area contributed by atoms with Crippen LogP contribution in [0.3, 0.4) is 0 Å². The number of methoxy groups -OCH3 is 1. The molecule has 0 radical (unpaired) electrons. The molecule has 1 saturated carbocycles. The first-order chi connectivity index (χ1) is 8.15. The lowest BCUT2D eigenvalue weighted by Crippen LogP contribution is -2.22. The number of aliphatic hydroxyl groups excluding tert-OH is 1. The van der Waals surface area contributed by atoms with E-state index in [1.165, 1.54) is 5.39 Å². The lowest BCUT2D eigenvalue weighted by atomic mass is 9.96. The highest BCUT2D eigenvalue weighted by Gasteiger charge is 2.49. The van der Waals surface area contributed by atoms with Crippen LogP contribution in [-0.2, 0) is 5.41 Å². The highest BCUT2D eigenvalue weighted by Crippen LogP contribution is 2.51. The maximum Gasteiger partial charge on any atom is 0.120 e. The molecular weight excluding hydrogens is 214 g/mol. The largest absolute Gasteiger partial charge is 0.497 e. The molecule has 3 heteroatoms. The molecule has 0 amide bonds. The summed E-state index contributed by atoms with van der Waals surface area (Å²) in [5.41, 5.74) is 2.19. The lowest BCUT2D eigenvalue weighted by molar-refractivity contribution is 0.149. The Morgan fingerprint density at radius 3 is 2.71 bits per heavy atom. The summed E-state index contributed by atoms with van der Waals surface area (Å²) in [4.78, 5) is 3.41. The van der Waals surface area contributed by atoms with Crippen LogP contribution >= 0.6 is 0 Å².